The molecule has 1 atom stereocenters. The molecule has 0 saturated heterocycles. The van der Waals surface area contributed by atoms with Gasteiger partial charge >= 0.3 is 0 Å². The second-order valence-electron chi connectivity index (χ2n) is 4.94. The third-order valence-corrected chi connectivity index (χ3v) is 5.37. The van der Waals surface area contributed by atoms with Crippen LogP contribution in [0.25, 0.3) is 0 Å². The van der Waals surface area contributed by atoms with Crippen molar-refractivity contribution in [2.75, 3.05) is 39.7 Å². The summed E-state index contributed by atoms with van der Waals surface area (Å²) >= 11 is 0. The maximum Gasteiger partial charge on any atom is 0.243 e. The zero-order valence-corrected chi connectivity index (χ0v) is 13.8. The normalized spacial score (nSPS) is 13.6. The number of nitrogens with zero attached hydrogens (tertiary/aromatic N) is 1. The highest BCUT2D eigenvalue weighted by atomic mass is 32.2. The molecule has 120 valence electrons. The van der Waals surface area contributed by atoms with Crippen LogP contribution in [0.1, 0.15) is 12.5 Å². The van der Waals surface area contributed by atoms with Gasteiger partial charge in [-0.05, 0) is 37.6 Å². The molecule has 0 saturated carbocycles. The van der Waals surface area contributed by atoms with E-state index in [2.05, 4.69) is 0 Å². The smallest absolute Gasteiger partial charge is 0.243 e. The summed E-state index contributed by atoms with van der Waals surface area (Å²) in [6.45, 7) is 4.45. The minimum atomic E-state index is -3.62. The van der Waals surface area contributed by atoms with E-state index in [4.69, 9.17) is 15.2 Å². The molecule has 2 N–H and O–H groups in total. The predicted molar refractivity (Wildman–Crippen MR) is 82.7 cm³/mol. The number of sulfonamides is 1. The van der Waals surface area contributed by atoms with Crippen LogP contribution in [0.4, 0.5) is 5.69 Å². The minimum Gasteiger partial charge on any atom is -0.399 e. The van der Waals surface area contributed by atoms with Gasteiger partial charge in [0.2, 0.25) is 10.0 Å². The van der Waals surface area contributed by atoms with Crippen LogP contribution >= 0.6 is 0 Å². The average Bonchev–Trinajstić information content (AvgIpc) is 2.38. The van der Waals surface area contributed by atoms with Crippen molar-refractivity contribution in [3.05, 3.63) is 23.8 Å². The number of nitrogen functional groups attached to an aromatic ring is 1. The van der Waals surface area contributed by atoms with Crippen molar-refractivity contribution in [1.29, 1.82) is 0 Å². The van der Waals surface area contributed by atoms with Crippen molar-refractivity contribution in [1.82, 2.24) is 4.31 Å². The first kappa shape index (κ1) is 17.9. The minimum absolute atomic E-state index is 0.260. The Kier molecular flexibility index (Phi) is 6.60. The zero-order valence-electron chi connectivity index (χ0n) is 13.0. The van der Waals surface area contributed by atoms with Gasteiger partial charge in [0.15, 0.2) is 0 Å². The summed E-state index contributed by atoms with van der Waals surface area (Å²) in [7, 11) is -0.535. The summed E-state index contributed by atoms with van der Waals surface area (Å²) in [4.78, 5) is 0.260. The van der Waals surface area contributed by atoms with Crippen LogP contribution in [0.3, 0.4) is 0 Å². The molecule has 1 aromatic carbocycles. The van der Waals surface area contributed by atoms with E-state index in [1.807, 2.05) is 6.92 Å². The highest BCUT2D eigenvalue weighted by molar-refractivity contribution is 7.89. The third kappa shape index (κ3) is 4.41. The molecule has 0 amide bonds. The molecule has 0 bridgehead atoms. The summed E-state index contributed by atoms with van der Waals surface area (Å²) in [5.74, 6) is 0. The van der Waals surface area contributed by atoms with E-state index in [0.717, 1.165) is 0 Å². The molecule has 0 radical (unpaired) electrons. The van der Waals surface area contributed by atoms with Crippen molar-refractivity contribution in [3.63, 3.8) is 0 Å². The van der Waals surface area contributed by atoms with Gasteiger partial charge in [-0.3, -0.25) is 0 Å². The first-order valence-corrected chi connectivity index (χ1v) is 8.14. The van der Waals surface area contributed by atoms with E-state index in [1.165, 1.54) is 4.31 Å². The summed E-state index contributed by atoms with van der Waals surface area (Å²) in [6.07, 6.45) is 0. The number of hydrogen-bond donors (Lipinski definition) is 1. The Balaban J connectivity index is 3.19. The van der Waals surface area contributed by atoms with Crippen LogP contribution in [-0.4, -0.2) is 52.7 Å². The number of anilines is 1. The number of aryl methyl sites for hydroxylation is 1. The zero-order chi connectivity index (χ0) is 16.0. The number of rotatable bonds is 8. The van der Waals surface area contributed by atoms with Crippen molar-refractivity contribution < 1.29 is 17.9 Å². The second-order valence-corrected chi connectivity index (χ2v) is 6.80. The molecule has 1 unspecified atom stereocenters. The first-order chi connectivity index (χ1) is 9.84. The molecule has 1 aromatic rings. The Hall–Kier alpha value is -1.15. The van der Waals surface area contributed by atoms with E-state index in [1.54, 1.807) is 39.3 Å². The Bertz CT molecular complexity index is 560. The van der Waals surface area contributed by atoms with Crippen LogP contribution in [-0.2, 0) is 19.5 Å². The summed E-state index contributed by atoms with van der Waals surface area (Å²) in [6, 6.07) is 4.50. The Labute approximate surface area is 126 Å². The Morgan fingerprint density at radius 1 is 1.29 bits per heavy atom. The molecular weight excluding hydrogens is 292 g/mol. The fraction of sp³-hybridized carbons (Fsp3) is 0.571. The molecule has 0 spiro atoms. The molecule has 0 aromatic heterocycles. The highest BCUT2D eigenvalue weighted by Crippen LogP contribution is 2.23. The quantitative estimate of drug-likeness (QED) is 0.730. The van der Waals surface area contributed by atoms with Crippen LogP contribution in [0.2, 0.25) is 0 Å². The van der Waals surface area contributed by atoms with E-state index >= 15 is 0 Å². The van der Waals surface area contributed by atoms with Crippen LogP contribution in [0.5, 0.6) is 0 Å². The molecule has 0 heterocycles. The lowest BCUT2D eigenvalue weighted by atomic mass is 10.2. The van der Waals surface area contributed by atoms with E-state index in [-0.39, 0.29) is 17.5 Å². The van der Waals surface area contributed by atoms with Gasteiger partial charge in [-0.1, -0.05) is 0 Å². The van der Waals surface area contributed by atoms with Crippen molar-refractivity contribution in [3.8, 4) is 0 Å². The highest BCUT2D eigenvalue weighted by Gasteiger charge is 2.30. The fourth-order valence-corrected chi connectivity index (χ4v) is 3.98. The van der Waals surface area contributed by atoms with Gasteiger partial charge in [0.05, 0.1) is 18.1 Å². The first-order valence-electron chi connectivity index (χ1n) is 6.70. The standard InChI is InChI=1S/C14H24N2O4S/c1-11-9-13(15)5-6-14(11)21(17,18)16(7-8-19-3)12(2)10-20-4/h5-6,9,12H,7-8,10,15H2,1-4H3. The maximum absolute atomic E-state index is 12.9. The Morgan fingerprint density at radius 3 is 2.48 bits per heavy atom. The lowest BCUT2D eigenvalue weighted by molar-refractivity contribution is 0.119. The third-order valence-electron chi connectivity index (χ3n) is 3.20. The fourth-order valence-electron chi connectivity index (χ4n) is 2.17. The van der Waals surface area contributed by atoms with Gasteiger partial charge in [0.25, 0.3) is 0 Å². The van der Waals surface area contributed by atoms with Gasteiger partial charge in [-0.15, -0.1) is 0 Å². The molecule has 0 fully saturated rings. The predicted octanol–water partition coefficient (Wildman–Crippen LogP) is 1.25. The van der Waals surface area contributed by atoms with Crippen LogP contribution in [0.15, 0.2) is 23.1 Å². The molecule has 0 aliphatic rings. The summed E-state index contributed by atoms with van der Waals surface area (Å²) in [5.41, 5.74) is 6.85. The number of nitrogens with two attached hydrogens (primary N) is 1. The van der Waals surface area contributed by atoms with Crippen molar-refractivity contribution >= 4 is 15.7 Å². The number of methoxy groups -OCH3 is 2. The Morgan fingerprint density at radius 2 is 1.95 bits per heavy atom. The lowest BCUT2D eigenvalue weighted by Gasteiger charge is -2.28. The average molecular weight is 316 g/mol. The molecule has 1 rings (SSSR count). The summed E-state index contributed by atoms with van der Waals surface area (Å²) < 4.78 is 37.2. The summed E-state index contributed by atoms with van der Waals surface area (Å²) in [5, 5.41) is 0. The van der Waals surface area contributed by atoms with Gasteiger partial charge in [-0.25, -0.2) is 8.42 Å². The lowest BCUT2D eigenvalue weighted by Crippen LogP contribution is -2.43. The second kappa shape index (κ2) is 7.74. The van der Waals surface area contributed by atoms with E-state index < -0.39 is 10.0 Å². The molecule has 21 heavy (non-hydrogen) atoms. The van der Waals surface area contributed by atoms with Gasteiger partial charge in [-0.2, -0.15) is 4.31 Å². The number of hydrogen-bond acceptors (Lipinski definition) is 5. The molecule has 6 nitrogen and oxygen atoms in total. The van der Waals surface area contributed by atoms with Crippen molar-refractivity contribution in [2.24, 2.45) is 0 Å². The molecule has 0 aliphatic carbocycles. The maximum atomic E-state index is 12.9. The van der Waals surface area contributed by atoms with Gasteiger partial charge in [0.1, 0.15) is 0 Å². The molecular formula is C14H24N2O4S. The van der Waals surface area contributed by atoms with E-state index in [0.29, 0.717) is 24.5 Å². The van der Waals surface area contributed by atoms with Crippen molar-refractivity contribution in [2.45, 2.75) is 24.8 Å². The van der Waals surface area contributed by atoms with Gasteiger partial charge < -0.3 is 15.2 Å². The topological polar surface area (TPSA) is 81.9 Å². The monoisotopic (exact) mass is 316 g/mol. The number of benzene rings is 1. The number of ether oxygens (including phenoxy) is 2. The largest absolute Gasteiger partial charge is 0.399 e. The molecule has 0 aliphatic heterocycles. The molecule has 7 heteroatoms. The van der Waals surface area contributed by atoms with Crippen LogP contribution < -0.4 is 5.73 Å². The SMILES string of the molecule is COCCN(C(C)COC)S(=O)(=O)c1ccc(N)cc1C. The van der Waals surface area contributed by atoms with Gasteiger partial charge in [0, 0.05) is 32.5 Å². The van der Waals surface area contributed by atoms with Crippen LogP contribution in [0, 0.1) is 6.92 Å². The van der Waals surface area contributed by atoms with E-state index in [9.17, 15) is 8.42 Å².